The molecule has 0 unspecified atom stereocenters. The first-order valence-electron chi connectivity index (χ1n) is 5.97. The Labute approximate surface area is 115 Å². The smallest absolute Gasteiger partial charge is 0.406 e. The van der Waals surface area contributed by atoms with Crippen LogP contribution in [0.1, 0.15) is 24.2 Å². The maximum Gasteiger partial charge on any atom is 0.573 e. The first-order chi connectivity index (χ1) is 9.13. The molecule has 0 aliphatic heterocycles. The normalized spacial score (nSPS) is 12.1. The standard InChI is InChI=1S/C13H17F3N2O2/c1-12(2,7-17)8-18-11(19)9-3-5-10(6-4-9)20-13(14,15)16/h3-6H,7-8,17H2,1-2H3,(H,18,19). The molecule has 0 saturated carbocycles. The highest BCUT2D eigenvalue weighted by Crippen LogP contribution is 2.22. The number of nitrogens with one attached hydrogen (secondary N) is 1. The van der Waals surface area contributed by atoms with Crippen molar-refractivity contribution in [3.63, 3.8) is 0 Å². The minimum absolute atomic E-state index is 0.241. The summed E-state index contributed by atoms with van der Waals surface area (Å²) in [6.45, 7) is 4.58. The van der Waals surface area contributed by atoms with Gasteiger partial charge < -0.3 is 15.8 Å². The van der Waals surface area contributed by atoms with Crippen molar-refractivity contribution in [3.8, 4) is 5.75 Å². The van der Waals surface area contributed by atoms with E-state index in [9.17, 15) is 18.0 Å². The first-order valence-corrected chi connectivity index (χ1v) is 5.97. The molecule has 1 aromatic carbocycles. The molecule has 1 aromatic rings. The summed E-state index contributed by atoms with van der Waals surface area (Å²) in [5.41, 5.74) is 5.55. The fraction of sp³-hybridized carbons (Fsp3) is 0.462. The van der Waals surface area contributed by atoms with E-state index in [0.29, 0.717) is 13.1 Å². The van der Waals surface area contributed by atoms with E-state index in [1.54, 1.807) is 0 Å². The summed E-state index contributed by atoms with van der Waals surface area (Å²) < 4.78 is 39.7. The third kappa shape index (κ3) is 5.48. The number of halogens is 3. The van der Waals surface area contributed by atoms with Gasteiger partial charge in [0.1, 0.15) is 5.75 Å². The molecule has 1 amide bonds. The molecule has 0 aliphatic carbocycles. The SMILES string of the molecule is CC(C)(CN)CNC(=O)c1ccc(OC(F)(F)F)cc1. The average molecular weight is 290 g/mol. The summed E-state index contributed by atoms with van der Waals surface area (Å²) >= 11 is 0. The van der Waals surface area contributed by atoms with Crippen LogP contribution >= 0.6 is 0 Å². The zero-order chi connectivity index (χ0) is 15.4. The van der Waals surface area contributed by atoms with Gasteiger partial charge in [-0.25, -0.2) is 0 Å². The Hall–Kier alpha value is -1.76. The second-order valence-electron chi connectivity index (χ2n) is 5.12. The van der Waals surface area contributed by atoms with Crippen molar-refractivity contribution in [3.05, 3.63) is 29.8 Å². The molecule has 0 bridgehead atoms. The minimum Gasteiger partial charge on any atom is -0.406 e. The predicted octanol–water partition coefficient (Wildman–Crippen LogP) is 2.30. The van der Waals surface area contributed by atoms with E-state index >= 15 is 0 Å². The van der Waals surface area contributed by atoms with Crippen LogP contribution in [-0.4, -0.2) is 25.4 Å². The number of ether oxygens (including phenoxy) is 1. The lowest BCUT2D eigenvalue weighted by Gasteiger charge is -2.22. The highest BCUT2D eigenvalue weighted by Gasteiger charge is 2.31. The second-order valence-corrected chi connectivity index (χ2v) is 5.12. The maximum absolute atomic E-state index is 12.0. The summed E-state index contributed by atoms with van der Waals surface area (Å²) in [7, 11) is 0. The van der Waals surface area contributed by atoms with E-state index in [4.69, 9.17) is 5.73 Å². The number of alkyl halides is 3. The van der Waals surface area contributed by atoms with Crippen LogP contribution < -0.4 is 15.8 Å². The molecule has 112 valence electrons. The van der Waals surface area contributed by atoms with Crippen LogP contribution in [0.15, 0.2) is 24.3 Å². The minimum atomic E-state index is -4.74. The summed E-state index contributed by atoms with van der Waals surface area (Å²) in [5.74, 6) is -0.735. The van der Waals surface area contributed by atoms with Crippen molar-refractivity contribution in [2.45, 2.75) is 20.2 Å². The largest absolute Gasteiger partial charge is 0.573 e. The zero-order valence-electron chi connectivity index (χ0n) is 11.3. The van der Waals surface area contributed by atoms with Crippen LogP contribution in [0.2, 0.25) is 0 Å². The Morgan fingerprint density at radius 2 is 1.80 bits per heavy atom. The van der Waals surface area contributed by atoms with Gasteiger partial charge in [0, 0.05) is 12.1 Å². The summed E-state index contributed by atoms with van der Waals surface area (Å²) in [4.78, 5) is 11.8. The molecule has 0 spiro atoms. The molecule has 0 saturated heterocycles. The van der Waals surface area contributed by atoms with Crippen molar-refractivity contribution in [2.24, 2.45) is 11.1 Å². The highest BCUT2D eigenvalue weighted by atomic mass is 19.4. The Balaban J connectivity index is 2.62. The number of amides is 1. The molecule has 7 heteroatoms. The van der Waals surface area contributed by atoms with Gasteiger partial charge in [-0.3, -0.25) is 4.79 Å². The third-order valence-corrected chi connectivity index (χ3v) is 2.63. The van der Waals surface area contributed by atoms with Gasteiger partial charge in [0.2, 0.25) is 0 Å². The van der Waals surface area contributed by atoms with Crippen molar-refractivity contribution in [2.75, 3.05) is 13.1 Å². The number of benzene rings is 1. The fourth-order valence-electron chi connectivity index (χ4n) is 1.30. The Morgan fingerprint density at radius 1 is 1.25 bits per heavy atom. The van der Waals surface area contributed by atoms with Gasteiger partial charge in [-0.15, -0.1) is 13.2 Å². The Bertz CT molecular complexity index is 456. The number of hydrogen-bond acceptors (Lipinski definition) is 3. The van der Waals surface area contributed by atoms with Crippen molar-refractivity contribution in [1.29, 1.82) is 0 Å². The van der Waals surface area contributed by atoms with E-state index in [1.807, 2.05) is 13.8 Å². The number of hydrogen-bond donors (Lipinski definition) is 2. The molecule has 3 N–H and O–H groups in total. The lowest BCUT2D eigenvalue weighted by molar-refractivity contribution is -0.274. The number of nitrogens with two attached hydrogens (primary N) is 1. The fourth-order valence-corrected chi connectivity index (χ4v) is 1.30. The predicted molar refractivity (Wildman–Crippen MR) is 68.3 cm³/mol. The Morgan fingerprint density at radius 3 is 2.25 bits per heavy atom. The molecule has 0 heterocycles. The lowest BCUT2D eigenvalue weighted by atomic mass is 9.94. The van der Waals surface area contributed by atoms with Crippen LogP contribution in [0.5, 0.6) is 5.75 Å². The van der Waals surface area contributed by atoms with E-state index in [2.05, 4.69) is 10.1 Å². The maximum atomic E-state index is 12.0. The van der Waals surface area contributed by atoms with Crippen LogP contribution in [-0.2, 0) is 0 Å². The molecule has 0 aliphatic rings. The van der Waals surface area contributed by atoms with Crippen molar-refractivity contribution in [1.82, 2.24) is 5.32 Å². The third-order valence-electron chi connectivity index (χ3n) is 2.63. The topological polar surface area (TPSA) is 64.3 Å². The van der Waals surface area contributed by atoms with Gasteiger partial charge in [-0.1, -0.05) is 13.8 Å². The number of carbonyl (C=O) groups is 1. The molecular weight excluding hydrogens is 273 g/mol. The van der Waals surface area contributed by atoms with Gasteiger partial charge in [-0.05, 0) is 36.2 Å². The lowest BCUT2D eigenvalue weighted by Crippen LogP contribution is -2.38. The molecule has 1 rings (SSSR count). The van der Waals surface area contributed by atoms with Gasteiger partial charge in [0.05, 0.1) is 0 Å². The van der Waals surface area contributed by atoms with Crippen LogP contribution in [0, 0.1) is 5.41 Å². The van der Waals surface area contributed by atoms with Gasteiger partial charge in [-0.2, -0.15) is 0 Å². The molecular formula is C13H17F3N2O2. The highest BCUT2D eigenvalue weighted by molar-refractivity contribution is 5.94. The molecule has 0 aromatic heterocycles. The van der Waals surface area contributed by atoms with Gasteiger partial charge in [0.25, 0.3) is 5.91 Å². The van der Waals surface area contributed by atoms with Crippen molar-refractivity contribution >= 4 is 5.91 Å². The Kier molecular flexibility index (Phi) is 4.99. The number of carbonyl (C=O) groups excluding carboxylic acids is 1. The molecule has 20 heavy (non-hydrogen) atoms. The summed E-state index contributed by atoms with van der Waals surface area (Å²) in [6.07, 6.45) is -4.74. The molecule has 0 radical (unpaired) electrons. The zero-order valence-corrected chi connectivity index (χ0v) is 11.3. The monoisotopic (exact) mass is 290 g/mol. The summed E-state index contributed by atoms with van der Waals surface area (Å²) in [6, 6.07) is 4.73. The van der Waals surface area contributed by atoms with Crippen LogP contribution in [0.3, 0.4) is 0 Å². The van der Waals surface area contributed by atoms with Crippen LogP contribution in [0.4, 0.5) is 13.2 Å². The average Bonchev–Trinajstić information content (AvgIpc) is 2.35. The quantitative estimate of drug-likeness (QED) is 0.874. The van der Waals surface area contributed by atoms with Crippen molar-refractivity contribution < 1.29 is 22.7 Å². The van der Waals surface area contributed by atoms with E-state index < -0.39 is 6.36 Å². The van der Waals surface area contributed by atoms with E-state index in [-0.39, 0.29) is 22.6 Å². The second kappa shape index (κ2) is 6.13. The summed E-state index contributed by atoms with van der Waals surface area (Å²) in [5, 5.41) is 2.68. The van der Waals surface area contributed by atoms with Crippen LogP contribution in [0.25, 0.3) is 0 Å². The first kappa shape index (κ1) is 16.3. The van der Waals surface area contributed by atoms with E-state index in [1.165, 1.54) is 12.1 Å². The van der Waals surface area contributed by atoms with Gasteiger partial charge in [0.15, 0.2) is 0 Å². The molecule has 0 atom stereocenters. The molecule has 0 fully saturated rings. The number of rotatable bonds is 5. The van der Waals surface area contributed by atoms with Gasteiger partial charge >= 0.3 is 6.36 Å². The molecule has 4 nitrogen and oxygen atoms in total. The van der Waals surface area contributed by atoms with E-state index in [0.717, 1.165) is 12.1 Å².